The molecule has 5 heteroatoms. The van der Waals surface area contributed by atoms with Crippen LogP contribution in [0.15, 0.2) is 160 Å². The Labute approximate surface area is 287 Å². The summed E-state index contributed by atoms with van der Waals surface area (Å²) in [7, 11) is 0. The van der Waals surface area contributed by atoms with E-state index in [1.165, 1.54) is 6.07 Å². The first-order chi connectivity index (χ1) is 27.5. The number of fused-ring (bicyclic) bond motifs is 7. The molecule has 0 atom stereocenters. The third kappa shape index (κ3) is 4.22. The Morgan fingerprint density at radius 1 is 0.417 bits per heavy atom. The highest BCUT2D eigenvalue weighted by Crippen LogP contribution is 2.39. The summed E-state index contributed by atoms with van der Waals surface area (Å²) in [5.41, 5.74) is 2.96. The zero-order valence-corrected chi connectivity index (χ0v) is 24.9. The highest BCUT2D eigenvalue weighted by Gasteiger charge is 2.20. The van der Waals surface area contributed by atoms with Crippen LogP contribution in [-0.2, 0) is 0 Å². The second-order valence-corrected chi connectivity index (χ2v) is 11.3. The van der Waals surface area contributed by atoms with Crippen LogP contribution < -0.4 is 0 Å². The van der Waals surface area contributed by atoms with Crippen molar-refractivity contribution in [1.82, 2.24) is 15.0 Å². The number of benzene rings is 7. The van der Waals surface area contributed by atoms with Crippen LogP contribution in [-0.4, -0.2) is 15.0 Å². The molecule has 0 unspecified atom stereocenters. The Morgan fingerprint density at radius 3 is 1.96 bits per heavy atom. The van der Waals surface area contributed by atoms with E-state index in [1.807, 2.05) is 36.4 Å². The van der Waals surface area contributed by atoms with Crippen LogP contribution in [0.3, 0.4) is 0 Å². The molecule has 0 aliphatic heterocycles. The van der Waals surface area contributed by atoms with Gasteiger partial charge in [0.2, 0.25) is 0 Å². The molecule has 0 aliphatic rings. The van der Waals surface area contributed by atoms with Crippen molar-refractivity contribution in [3.8, 4) is 45.3 Å². The van der Waals surface area contributed by atoms with Gasteiger partial charge in [0.25, 0.3) is 0 Å². The lowest BCUT2D eigenvalue weighted by molar-refractivity contribution is 0.668. The maximum absolute atomic E-state index is 9.18. The van der Waals surface area contributed by atoms with Gasteiger partial charge in [-0.25, -0.2) is 15.0 Å². The fraction of sp³-hybridized carbons (Fsp3) is 0. The lowest BCUT2D eigenvalue weighted by Crippen LogP contribution is -2.00. The van der Waals surface area contributed by atoms with Gasteiger partial charge < -0.3 is 8.83 Å². The molecule has 0 spiro atoms. The molecule has 224 valence electrons. The van der Waals surface area contributed by atoms with Gasteiger partial charge >= 0.3 is 0 Å². The molecule has 3 aromatic heterocycles. The lowest BCUT2D eigenvalue weighted by atomic mass is 10.00. The van der Waals surface area contributed by atoms with E-state index in [1.54, 1.807) is 24.3 Å². The van der Waals surface area contributed by atoms with E-state index >= 15 is 0 Å². The van der Waals surface area contributed by atoms with Crippen LogP contribution in [0, 0.1) is 0 Å². The van der Waals surface area contributed by atoms with Gasteiger partial charge in [-0.1, -0.05) is 121 Å². The summed E-state index contributed by atoms with van der Waals surface area (Å²) in [5, 5.41) is 3.21. The fourth-order valence-corrected chi connectivity index (χ4v) is 6.26. The van der Waals surface area contributed by atoms with E-state index in [2.05, 4.69) is 30.3 Å². The SMILES string of the molecule is [2H]c1c([2H])c([2H])c2c(oc3c([2H])c([2H])c([2H])c(-c4nc(-c5ccc(-c6ccc7ccccc7c6)cc5)nc(-c5ccc([2H])c6oc7c([2H])cccc7c56)n4)c32)c1[2H]. The zero-order valence-electron chi connectivity index (χ0n) is 33.9. The van der Waals surface area contributed by atoms with Crippen LogP contribution in [0.2, 0.25) is 0 Å². The van der Waals surface area contributed by atoms with E-state index < -0.39 is 42.3 Å². The highest BCUT2D eigenvalue weighted by atomic mass is 16.3. The molecule has 0 N–H and O–H groups in total. The summed E-state index contributed by atoms with van der Waals surface area (Å²) in [4.78, 5) is 14.7. The van der Waals surface area contributed by atoms with Crippen molar-refractivity contribution in [3.63, 3.8) is 0 Å². The largest absolute Gasteiger partial charge is 0.456 e. The fourth-order valence-electron chi connectivity index (χ4n) is 6.26. The smallest absolute Gasteiger partial charge is 0.164 e. The van der Waals surface area contributed by atoms with E-state index in [0.29, 0.717) is 21.9 Å². The summed E-state index contributed by atoms with van der Waals surface area (Å²) in [5.74, 6) is 0.186. The average Bonchev–Trinajstić information content (AvgIpc) is 3.83. The second kappa shape index (κ2) is 10.5. The molecule has 48 heavy (non-hydrogen) atoms. The predicted molar refractivity (Wildman–Crippen MR) is 194 cm³/mol. The first kappa shape index (κ1) is 19.2. The van der Waals surface area contributed by atoms with E-state index in [0.717, 1.165) is 21.9 Å². The van der Waals surface area contributed by atoms with Crippen LogP contribution in [0.5, 0.6) is 0 Å². The van der Waals surface area contributed by atoms with Crippen molar-refractivity contribution >= 4 is 54.6 Å². The number of nitrogens with zero attached hydrogens (tertiary/aromatic N) is 3. The Balaban J connectivity index is 1.27. The molecular formula is C43H25N3O2. The van der Waals surface area contributed by atoms with Crippen LogP contribution in [0.4, 0.5) is 0 Å². The summed E-state index contributed by atoms with van der Waals surface area (Å²) in [6.45, 7) is 0. The average molecular weight is 625 g/mol. The Hall–Kier alpha value is -6.59. The summed E-state index contributed by atoms with van der Waals surface area (Å²) in [6, 6.07) is 27.1. The maximum Gasteiger partial charge on any atom is 0.164 e. The number of aromatic nitrogens is 3. The van der Waals surface area contributed by atoms with Crippen LogP contribution in [0.25, 0.3) is 99.9 Å². The standard InChI is InChI=1S/C43H25N3O2/c1-2-10-29-25-30(24-21-26(29)9-1)27-19-22-28(23-20-27)41-44-42(33-13-7-17-37-39(33)31-11-3-5-15-35(31)47-37)46-43(45-41)34-14-8-18-38-40(34)32-12-4-6-16-36(32)48-38/h1-25H/i3D,5D,7D,11D,13D,15D,16D,17D,18D. The summed E-state index contributed by atoms with van der Waals surface area (Å²) < 4.78 is 89.9. The van der Waals surface area contributed by atoms with Gasteiger partial charge in [-0.2, -0.15) is 0 Å². The molecule has 3 heterocycles. The van der Waals surface area contributed by atoms with Gasteiger partial charge in [0.15, 0.2) is 17.5 Å². The normalized spacial score (nSPS) is 14.4. The van der Waals surface area contributed by atoms with Gasteiger partial charge in [0.05, 0.1) is 12.3 Å². The highest BCUT2D eigenvalue weighted by molar-refractivity contribution is 6.13. The molecule has 0 saturated carbocycles. The number of hydrogen-bond acceptors (Lipinski definition) is 5. The van der Waals surface area contributed by atoms with Gasteiger partial charge in [-0.05, 0) is 52.1 Å². The van der Waals surface area contributed by atoms with E-state index in [9.17, 15) is 1.37 Å². The molecule has 0 saturated heterocycles. The number of para-hydroxylation sites is 2. The minimum Gasteiger partial charge on any atom is -0.456 e. The molecule has 0 fully saturated rings. The third-order valence-corrected chi connectivity index (χ3v) is 8.53. The minimum atomic E-state index is -0.531. The lowest BCUT2D eigenvalue weighted by Gasteiger charge is -2.11. The first-order valence-electron chi connectivity index (χ1n) is 19.7. The summed E-state index contributed by atoms with van der Waals surface area (Å²) >= 11 is 0. The van der Waals surface area contributed by atoms with Crippen LogP contribution >= 0.6 is 0 Å². The quantitative estimate of drug-likeness (QED) is 0.195. The van der Waals surface area contributed by atoms with Gasteiger partial charge in [-0.15, -0.1) is 0 Å². The molecule has 0 bridgehead atoms. The predicted octanol–water partition coefficient (Wildman–Crippen LogP) is 11.5. The van der Waals surface area contributed by atoms with Crippen molar-refractivity contribution in [2.45, 2.75) is 0 Å². The molecule has 7 aromatic carbocycles. The van der Waals surface area contributed by atoms with Gasteiger partial charge in [-0.3, -0.25) is 0 Å². The van der Waals surface area contributed by atoms with Crippen LogP contribution in [0.1, 0.15) is 12.3 Å². The second-order valence-electron chi connectivity index (χ2n) is 11.3. The van der Waals surface area contributed by atoms with Crippen molar-refractivity contribution < 1.29 is 21.2 Å². The zero-order chi connectivity index (χ0) is 39.4. The maximum atomic E-state index is 9.18. The first-order valence-corrected chi connectivity index (χ1v) is 15.2. The number of furan rings is 2. The molecular weight excluding hydrogens is 590 g/mol. The number of hydrogen-bond donors (Lipinski definition) is 0. The van der Waals surface area contributed by atoms with Gasteiger partial charge in [0, 0.05) is 38.2 Å². The van der Waals surface area contributed by atoms with Crippen molar-refractivity contribution in [3.05, 3.63) is 151 Å². The van der Waals surface area contributed by atoms with E-state index in [-0.39, 0.29) is 68.2 Å². The van der Waals surface area contributed by atoms with E-state index in [4.69, 9.17) is 34.8 Å². The molecule has 0 aliphatic carbocycles. The number of rotatable bonds is 4. The minimum absolute atomic E-state index is 0.00276. The molecule has 5 nitrogen and oxygen atoms in total. The topological polar surface area (TPSA) is 65.0 Å². The van der Waals surface area contributed by atoms with Crippen molar-refractivity contribution in [2.75, 3.05) is 0 Å². The summed E-state index contributed by atoms with van der Waals surface area (Å²) in [6.07, 6.45) is 0. The van der Waals surface area contributed by atoms with Crippen molar-refractivity contribution in [2.24, 2.45) is 0 Å². The molecule has 10 rings (SSSR count). The Bertz CT molecular complexity index is 3360. The Kier molecular flexibility index (Phi) is 4.18. The molecule has 0 radical (unpaired) electrons. The monoisotopic (exact) mass is 624 g/mol. The Morgan fingerprint density at radius 2 is 1.06 bits per heavy atom. The molecule has 10 aromatic rings. The third-order valence-electron chi connectivity index (χ3n) is 8.53. The van der Waals surface area contributed by atoms with Crippen molar-refractivity contribution in [1.29, 1.82) is 0 Å². The van der Waals surface area contributed by atoms with Gasteiger partial charge in [0.1, 0.15) is 22.3 Å². The molecule has 0 amide bonds.